The molecule has 0 atom stereocenters. The molecule has 0 radical (unpaired) electrons. The largest absolute Gasteiger partial charge is 0.494 e. The van der Waals surface area contributed by atoms with Gasteiger partial charge in [-0.05, 0) is 54.4 Å². The fraction of sp³-hybridized carbons (Fsp3) is 0.333. The van der Waals surface area contributed by atoms with Crippen LogP contribution in [0.2, 0.25) is 0 Å². The molecule has 174 valence electrons. The fourth-order valence-electron chi connectivity index (χ4n) is 2.57. The van der Waals surface area contributed by atoms with Crippen LogP contribution in [0, 0.1) is 0 Å². The van der Waals surface area contributed by atoms with Gasteiger partial charge >= 0.3 is 6.18 Å². The zero-order chi connectivity index (χ0) is 23.8. The van der Waals surface area contributed by atoms with Crippen LogP contribution in [-0.4, -0.2) is 39.9 Å². The lowest BCUT2D eigenvalue weighted by Crippen LogP contribution is -2.39. The molecule has 11 heteroatoms. The molecule has 0 saturated carbocycles. The molecule has 0 bridgehead atoms. The minimum atomic E-state index is -4.65. The van der Waals surface area contributed by atoms with E-state index in [0.29, 0.717) is 28.3 Å². The van der Waals surface area contributed by atoms with Gasteiger partial charge in [-0.1, -0.05) is 19.4 Å². The number of alkyl halides is 3. The molecule has 0 heterocycles. The van der Waals surface area contributed by atoms with Crippen LogP contribution in [0.25, 0.3) is 0 Å². The molecule has 0 aliphatic heterocycles. The van der Waals surface area contributed by atoms with E-state index in [4.69, 9.17) is 4.74 Å². The summed E-state index contributed by atoms with van der Waals surface area (Å²) < 4.78 is 69.1. The number of rotatable bonds is 10. The van der Waals surface area contributed by atoms with Gasteiger partial charge in [0.1, 0.15) is 12.3 Å². The number of halogens is 3. The highest BCUT2D eigenvalue weighted by Crippen LogP contribution is 2.32. The lowest BCUT2D eigenvalue weighted by molar-refractivity contribution is -0.137. The standard InChI is InChI=1S/C21H24F3N3O4S/c1-3-4-12-31-19-10-8-16(9-11-19)14-25-26-20(28)15-27(32(2,29)30)18-7-5-6-17(13-18)21(22,23)24/h5-11,13-14H,3-4,12,15H2,1-2H3,(H,26,28)/b25-14-. The van der Waals surface area contributed by atoms with Crippen LogP contribution >= 0.6 is 0 Å². The third kappa shape index (κ3) is 7.88. The molecule has 0 aromatic heterocycles. The van der Waals surface area contributed by atoms with Gasteiger partial charge in [-0.3, -0.25) is 9.10 Å². The van der Waals surface area contributed by atoms with Gasteiger partial charge in [-0.25, -0.2) is 13.8 Å². The Kier molecular flexibility index (Phi) is 8.64. The first-order valence-electron chi connectivity index (χ1n) is 9.70. The Morgan fingerprint density at radius 2 is 1.88 bits per heavy atom. The topological polar surface area (TPSA) is 88.1 Å². The maximum atomic E-state index is 12.9. The van der Waals surface area contributed by atoms with Crippen molar-refractivity contribution in [2.75, 3.05) is 23.7 Å². The number of hydrazone groups is 1. The van der Waals surface area contributed by atoms with Crippen LogP contribution < -0.4 is 14.5 Å². The number of sulfonamides is 1. The maximum absolute atomic E-state index is 12.9. The van der Waals surface area contributed by atoms with Gasteiger partial charge in [0.05, 0.1) is 30.3 Å². The number of unbranched alkanes of at least 4 members (excludes halogenated alkanes) is 1. The zero-order valence-corrected chi connectivity index (χ0v) is 18.4. The summed E-state index contributed by atoms with van der Waals surface area (Å²) in [4.78, 5) is 12.2. The quantitative estimate of drug-likeness (QED) is 0.324. The van der Waals surface area contributed by atoms with E-state index in [2.05, 4.69) is 17.5 Å². The van der Waals surface area contributed by atoms with E-state index >= 15 is 0 Å². The molecule has 32 heavy (non-hydrogen) atoms. The number of amides is 1. The summed E-state index contributed by atoms with van der Waals surface area (Å²) in [6, 6.07) is 10.7. The molecule has 1 N–H and O–H groups in total. The second kappa shape index (κ2) is 11.0. The van der Waals surface area contributed by atoms with Gasteiger partial charge in [0.25, 0.3) is 5.91 Å². The molecule has 2 rings (SSSR count). The molecule has 0 spiro atoms. The van der Waals surface area contributed by atoms with Crippen molar-refractivity contribution in [3.8, 4) is 5.75 Å². The van der Waals surface area contributed by atoms with E-state index < -0.39 is 34.2 Å². The van der Waals surface area contributed by atoms with Crippen molar-refractivity contribution in [1.82, 2.24) is 5.43 Å². The van der Waals surface area contributed by atoms with Crippen molar-refractivity contribution in [3.05, 3.63) is 59.7 Å². The van der Waals surface area contributed by atoms with Crippen molar-refractivity contribution in [2.24, 2.45) is 5.10 Å². The number of nitrogens with zero attached hydrogens (tertiary/aromatic N) is 2. The molecule has 2 aromatic carbocycles. The van der Waals surface area contributed by atoms with Gasteiger partial charge < -0.3 is 4.74 Å². The van der Waals surface area contributed by atoms with Crippen molar-refractivity contribution in [1.29, 1.82) is 0 Å². The van der Waals surface area contributed by atoms with Gasteiger partial charge in [0, 0.05) is 0 Å². The van der Waals surface area contributed by atoms with Crippen LogP contribution in [0.4, 0.5) is 18.9 Å². The second-order valence-corrected chi connectivity index (χ2v) is 8.79. The third-order valence-electron chi connectivity index (χ3n) is 4.20. The molecule has 1 amide bonds. The van der Waals surface area contributed by atoms with Gasteiger partial charge in [-0.2, -0.15) is 18.3 Å². The Balaban J connectivity index is 2.03. The minimum absolute atomic E-state index is 0.278. The Morgan fingerprint density at radius 3 is 2.47 bits per heavy atom. The molecular formula is C21H24F3N3O4S. The highest BCUT2D eigenvalue weighted by molar-refractivity contribution is 7.92. The van der Waals surface area contributed by atoms with Crippen molar-refractivity contribution < 1.29 is 31.1 Å². The Labute approximate surface area is 184 Å². The number of anilines is 1. The molecule has 0 aliphatic rings. The van der Waals surface area contributed by atoms with Gasteiger partial charge in [0.15, 0.2) is 0 Å². The van der Waals surface area contributed by atoms with Crippen LogP contribution in [0.3, 0.4) is 0 Å². The van der Waals surface area contributed by atoms with E-state index in [-0.39, 0.29) is 5.69 Å². The smallest absolute Gasteiger partial charge is 0.416 e. The highest BCUT2D eigenvalue weighted by Gasteiger charge is 2.32. The number of nitrogens with one attached hydrogen (secondary N) is 1. The SMILES string of the molecule is CCCCOc1ccc(/C=N\NC(=O)CN(c2cccc(C(F)(F)F)c2)S(C)(=O)=O)cc1. The molecule has 7 nitrogen and oxygen atoms in total. The predicted molar refractivity (Wildman–Crippen MR) is 116 cm³/mol. The molecule has 0 fully saturated rings. The predicted octanol–water partition coefficient (Wildman–Crippen LogP) is 3.80. The number of ether oxygens (including phenoxy) is 1. The lowest BCUT2D eigenvalue weighted by Gasteiger charge is -2.22. The van der Waals surface area contributed by atoms with E-state index in [0.717, 1.165) is 31.2 Å². The number of carbonyl (C=O) groups is 1. The molecule has 0 unspecified atom stereocenters. The van der Waals surface area contributed by atoms with Crippen molar-refractivity contribution in [2.45, 2.75) is 25.9 Å². The van der Waals surface area contributed by atoms with Crippen LogP contribution in [-0.2, 0) is 21.0 Å². The van der Waals surface area contributed by atoms with E-state index in [9.17, 15) is 26.4 Å². The molecular weight excluding hydrogens is 447 g/mol. The summed E-state index contributed by atoms with van der Waals surface area (Å²) in [7, 11) is -4.03. The fourth-order valence-corrected chi connectivity index (χ4v) is 3.41. The first kappa shape index (κ1) is 25.2. The third-order valence-corrected chi connectivity index (χ3v) is 5.34. The average Bonchev–Trinajstić information content (AvgIpc) is 2.72. The Bertz CT molecular complexity index is 1040. The second-order valence-electron chi connectivity index (χ2n) is 6.88. The first-order chi connectivity index (χ1) is 15.0. The van der Waals surface area contributed by atoms with Crippen molar-refractivity contribution in [3.63, 3.8) is 0 Å². The number of carbonyl (C=O) groups excluding carboxylic acids is 1. The minimum Gasteiger partial charge on any atom is -0.494 e. The van der Waals surface area contributed by atoms with Crippen molar-refractivity contribution >= 4 is 27.8 Å². The number of hydrogen-bond acceptors (Lipinski definition) is 5. The van der Waals surface area contributed by atoms with Gasteiger partial charge in [0.2, 0.25) is 10.0 Å². The summed E-state index contributed by atoms with van der Waals surface area (Å²) in [5.41, 5.74) is 1.53. The molecule has 0 aliphatic carbocycles. The van der Waals surface area contributed by atoms with Gasteiger partial charge in [-0.15, -0.1) is 0 Å². The Morgan fingerprint density at radius 1 is 1.19 bits per heavy atom. The van der Waals surface area contributed by atoms with E-state index in [1.54, 1.807) is 24.3 Å². The molecule has 0 saturated heterocycles. The summed E-state index contributed by atoms with van der Waals surface area (Å²) >= 11 is 0. The number of hydrogen-bond donors (Lipinski definition) is 1. The van der Waals surface area contributed by atoms with Crippen LogP contribution in [0.1, 0.15) is 30.9 Å². The molecule has 2 aromatic rings. The van der Waals surface area contributed by atoms with Crippen LogP contribution in [0.15, 0.2) is 53.6 Å². The normalized spacial score (nSPS) is 12.0. The van der Waals surface area contributed by atoms with E-state index in [1.165, 1.54) is 12.3 Å². The Hall–Kier alpha value is -3.08. The first-order valence-corrected chi connectivity index (χ1v) is 11.6. The zero-order valence-electron chi connectivity index (χ0n) is 17.6. The summed E-state index contributed by atoms with van der Waals surface area (Å²) in [5.74, 6) is -0.117. The van der Waals surface area contributed by atoms with Crippen LogP contribution in [0.5, 0.6) is 5.75 Å². The van der Waals surface area contributed by atoms with E-state index in [1.807, 2.05) is 0 Å². The maximum Gasteiger partial charge on any atom is 0.416 e. The summed E-state index contributed by atoms with van der Waals surface area (Å²) in [6.07, 6.45) is -0.533. The summed E-state index contributed by atoms with van der Waals surface area (Å²) in [5, 5.41) is 3.77. The lowest BCUT2D eigenvalue weighted by atomic mass is 10.2. The monoisotopic (exact) mass is 471 g/mol. The highest BCUT2D eigenvalue weighted by atomic mass is 32.2. The number of benzene rings is 2. The summed E-state index contributed by atoms with van der Waals surface area (Å²) in [6.45, 7) is 1.94. The average molecular weight is 472 g/mol.